The largest absolute Gasteiger partial charge is 0.387 e. The summed E-state index contributed by atoms with van der Waals surface area (Å²) in [7, 11) is 3.52. The Balaban J connectivity index is 2.30. The van der Waals surface area contributed by atoms with Gasteiger partial charge < -0.3 is 20.5 Å². The first-order valence-electron chi connectivity index (χ1n) is 6.88. The molecule has 2 atom stereocenters. The normalized spacial score (nSPS) is 24.7. The van der Waals surface area contributed by atoms with Gasteiger partial charge in [-0.25, -0.2) is 0 Å². The van der Waals surface area contributed by atoms with Gasteiger partial charge in [-0.1, -0.05) is 0 Å². The van der Waals surface area contributed by atoms with Crippen molar-refractivity contribution in [3.63, 3.8) is 0 Å². The topological polar surface area (TPSA) is 73.8 Å². The van der Waals surface area contributed by atoms with E-state index in [9.17, 15) is 9.90 Å². The van der Waals surface area contributed by atoms with Crippen LogP contribution in [0.25, 0.3) is 0 Å². The van der Waals surface area contributed by atoms with Crippen LogP contribution in [0, 0.1) is 0 Å². The average molecular weight is 273 g/mol. The lowest BCUT2D eigenvalue weighted by molar-refractivity contribution is -0.126. The number of methoxy groups -OCH3 is 1. The molecule has 1 fully saturated rings. The van der Waals surface area contributed by atoms with Gasteiger partial charge in [0.15, 0.2) is 0 Å². The van der Waals surface area contributed by atoms with Crippen molar-refractivity contribution in [3.05, 3.63) is 0 Å². The minimum atomic E-state index is -0.709. The highest BCUT2D eigenvalue weighted by Gasteiger charge is 2.34. The maximum atomic E-state index is 11.9. The molecule has 1 amide bonds. The van der Waals surface area contributed by atoms with Crippen LogP contribution in [-0.2, 0) is 9.53 Å². The Kier molecular flexibility index (Phi) is 6.71. The van der Waals surface area contributed by atoms with Crippen LogP contribution in [0.2, 0.25) is 0 Å². The molecule has 0 aromatic heterocycles. The lowest BCUT2D eigenvalue weighted by atomic mass is 10.0. The van der Waals surface area contributed by atoms with E-state index < -0.39 is 5.60 Å². The van der Waals surface area contributed by atoms with Crippen molar-refractivity contribution in [2.45, 2.75) is 31.4 Å². The first kappa shape index (κ1) is 16.4. The summed E-state index contributed by atoms with van der Waals surface area (Å²) in [4.78, 5) is 13.8. The van der Waals surface area contributed by atoms with Crippen LogP contribution in [0.1, 0.15) is 19.8 Å². The summed E-state index contributed by atoms with van der Waals surface area (Å²) >= 11 is 0. The number of carbonyl (C=O) groups excluding carboxylic acids is 1. The standard InChI is InChI=1S/C13H27N3O3/c1-11(12(17)15-6-4-8-19-3)16(2)10-13(18)5-7-14-9-13/h11,14,18H,4-10H2,1-3H3,(H,15,17). The Morgan fingerprint density at radius 1 is 1.63 bits per heavy atom. The Labute approximate surface area is 115 Å². The number of hydrogen-bond acceptors (Lipinski definition) is 5. The molecule has 2 unspecified atom stereocenters. The number of hydrogen-bond donors (Lipinski definition) is 3. The summed E-state index contributed by atoms with van der Waals surface area (Å²) in [5, 5.41) is 16.3. The highest BCUT2D eigenvalue weighted by Crippen LogP contribution is 2.16. The summed E-state index contributed by atoms with van der Waals surface area (Å²) in [5.74, 6) is -0.00633. The molecule has 1 heterocycles. The number of nitrogens with one attached hydrogen (secondary N) is 2. The van der Waals surface area contributed by atoms with E-state index in [2.05, 4.69) is 10.6 Å². The molecule has 19 heavy (non-hydrogen) atoms. The molecule has 0 saturated carbocycles. The molecule has 0 spiro atoms. The van der Waals surface area contributed by atoms with Crippen LogP contribution in [0.5, 0.6) is 0 Å². The van der Waals surface area contributed by atoms with E-state index in [1.807, 2.05) is 18.9 Å². The third kappa shape index (κ3) is 5.44. The third-order valence-corrected chi connectivity index (χ3v) is 3.63. The zero-order valence-electron chi connectivity index (χ0n) is 12.2. The van der Waals surface area contributed by atoms with Crippen molar-refractivity contribution in [1.29, 1.82) is 0 Å². The van der Waals surface area contributed by atoms with Gasteiger partial charge in [-0.2, -0.15) is 0 Å². The van der Waals surface area contributed by atoms with Crippen LogP contribution in [0.4, 0.5) is 0 Å². The van der Waals surface area contributed by atoms with Crippen LogP contribution in [-0.4, -0.2) is 74.5 Å². The van der Waals surface area contributed by atoms with Crippen molar-refractivity contribution < 1.29 is 14.6 Å². The van der Waals surface area contributed by atoms with E-state index in [4.69, 9.17) is 4.74 Å². The van der Waals surface area contributed by atoms with Crippen molar-refractivity contribution >= 4 is 5.91 Å². The molecule has 0 aromatic rings. The predicted octanol–water partition coefficient (Wildman–Crippen LogP) is -0.816. The van der Waals surface area contributed by atoms with Gasteiger partial charge in [0.1, 0.15) is 0 Å². The molecule has 0 aliphatic carbocycles. The number of ether oxygens (including phenoxy) is 1. The quantitative estimate of drug-likeness (QED) is 0.504. The van der Waals surface area contributed by atoms with Crippen molar-refractivity contribution in [2.75, 3.05) is 46.9 Å². The fourth-order valence-electron chi connectivity index (χ4n) is 2.24. The summed E-state index contributed by atoms with van der Waals surface area (Å²) < 4.78 is 4.93. The number of β-amino-alcohol motifs (C(OH)–C–C–N with tert-alkyl or cyclic N) is 1. The van der Waals surface area contributed by atoms with Gasteiger partial charge >= 0.3 is 0 Å². The highest BCUT2D eigenvalue weighted by molar-refractivity contribution is 5.81. The second-order valence-corrected chi connectivity index (χ2v) is 5.38. The molecule has 112 valence electrons. The van der Waals surface area contributed by atoms with Crippen LogP contribution in [0.15, 0.2) is 0 Å². The fraction of sp³-hybridized carbons (Fsp3) is 0.923. The summed E-state index contributed by atoms with van der Waals surface area (Å²) in [6, 6.07) is -0.243. The van der Waals surface area contributed by atoms with Gasteiger partial charge in [0.25, 0.3) is 0 Å². The van der Waals surface area contributed by atoms with Gasteiger partial charge in [-0.3, -0.25) is 9.69 Å². The predicted molar refractivity (Wildman–Crippen MR) is 74.0 cm³/mol. The third-order valence-electron chi connectivity index (χ3n) is 3.63. The van der Waals surface area contributed by atoms with E-state index in [0.29, 0.717) is 26.2 Å². The smallest absolute Gasteiger partial charge is 0.237 e. The maximum Gasteiger partial charge on any atom is 0.237 e. The minimum absolute atomic E-state index is 0.00633. The second-order valence-electron chi connectivity index (χ2n) is 5.38. The molecule has 1 aliphatic rings. The molecule has 1 rings (SSSR count). The van der Waals surface area contributed by atoms with Crippen LogP contribution < -0.4 is 10.6 Å². The Bertz CT molecular complexity index is 280. The zero-order valence-corrected chi connectivity index (χ0v) is 12.2. The summed E-state index contributed by atoms with van der Waals surface area (Å²) in [5.41, 5.74) is -0.709. The van der Waals surface area contributed by atoms with Gasteiger partial charge in [0.05, 0.1) is 11.6 Å². The first-order valence-corrected chi connectivity index (χ1v) is 6.88. The zero-order chi connectivity index (χ0) is 14.3. The van der Waals surface area contributed by atoms with Gasteiger partial charge in [-0.05, 0) is 33.4 Å². The number of aliphatic hydroxyl groups is 1. The van der Waals surface area contributed by atoms with Gasteiger partial charge in [0, 0.05) is 33.4 Å². The van der Waals surface area contributed by atoms with Crippen molar-refractivity contribution in [3.8, 4) is 0 Å². The number of rotatable bonds is 8. The fourth-order valence-corrected chi connectivity index (χ4v) is 2.24. The number of carbonyl (C=O) groups is 1. The first-order chi connectivity index (χ1) is 8.98. The highest BCUT2D eigenvalue weighted by atomic mass is 16.5. The second kappa shape index (κ2) is 7.79. The van der Waals surface area contributed by atoms with E-state index in [1.54, 1.807) is 7.11 Å². The molecule has 1 aliphatic heterocycles. The maximum absolute atomic E-state index is 11.9. The number of amides is 1. The molecule has 0 aromatic carbocycles. The lowest BCUT2D eigenvalue weighted by Crippen LogP contribution is -2.50. The summed E-state index contributed by atoms with van der Waals surface area (Å²) in [6.07, 6.45) is 1.55. The Morgan fingerprint density at radius 3 is 2.95 bits per heavy atom. The monoisotopic (exact) mass is 273 g/mol. The van der Waals surface area contributed by atoms with E-state index in [1.165, 1.54) is 0 Å². The summed E-state index contributed by atoms with van der Waals surface area (Å²) in [6.45, 7) is 5.07. The van der Waals surface area contributed by atoms with Crippen LogP contribution >= 0.6 is 0 Å². The van der Waals surface area contributed by atoms with Crippen molar-refractivity contribution in [2.24, 2.45) is 0 Å². The van der Waals surface area contributed by atoms with Crippen LogP contribution in [0.3, 0.4) is 0 Å². The van der Waals surface area contributed by atoms with E-state index in [0.717, 1.165) is 19.4 Å². The molecule has 0 radical (unpaired) electrons. The van der Waals surface area contributed by atoms with E-state index >= 15 is 0 Å². The van der Waals surface area contributed by atoms with Gasteiger partial charge in [-0.15, -0.1) is 0 Å². The molecule has 1 saturated heterocycles. The molecule has 6 heteroatoms. The Morgan fingerprint density at radius 2 is 2.37 bits per heavy atom. The number of likely N-dealkylation sites (N-methyl/N-ethyl adjacent to an activating group) is 1. The van der Waals surface area contributed by atoms with Gasteiger partial charge in [0.2, 0.25) is 5.91 Å². The molecular formula is C13H27N3O3. The molecular weight excluding hydrogens is 246 g/mol. The van der Waals surface area contributed by atoms with Crippen molar-refractivity contribution in [1.82, 2.24) is 15.5 Å². The molecule has 0 bridgehead atoms. The molecule has 3 N–H and O–H groups in total. The average Bonchev–Trinajstić information content (AvgIpc) is 2.79. The SMILES string of the molecule is COCCCNC(=O)C(C)N(C)CC1(O)CCNC1. The van der Waals surface area contributed by atoms with E-state index in [-0.39, 0.29) is 11.9 Å². The lowest BCUT2D eigenvalue weighted by Gasteiger charge is -2.31. The molecule has 6 nitrogen and oxygen atoms in total. The number of nitrogens with zero attached hydrogens (tertiary/aromatic N) is 1. The minimum Gasteiger partial charge on any atom is -0.387 e. The Hall–Kier alpha value is -0.690.